The van der Waals surface area contributed by atoms with Crippen molar-refractivity contribution in [2.75, 3.05) is 0 Å². The number of ether oxygens (including phenoxy) is 1. The van der Waals surface area contributed by atoms with E-state index < -0.39 is 5.82 Å². The number of para-hydroxylation sites is 1. The quantitative estimate of drug-likeness (QED) is 0.393. The van der Waals surface area contributed by atoms with Gasteiger partial charge in [-0.05, 0) is 40.2 Å². The van der Waals surface area contributed by atoms with Gasteiger partial charge < -0.3 is 15.7 Å². The Hall–Kier alpha value is -2.08. The zero-order chi connectivity index (χ0) is 13.8. The van der Waals surface area contributed by atoms with E-state index in [-0.39, 0.29) is 21.6 Å². The largest absolute Gasteiger partial charge is 0.454 e. The molecular weight excluding hydrogens is 315 g/mol. The van der Waals surface area contributed by atoms with Gasteiger partial charge in [0.15, 0.2) is 17.4 Å². The number of hydrogen-bond acceptors (Lipinski definition) is 3. The van der Waals surface area contributed by atoms with Crippen molar-refractivity contribution in [1.29, 1.82) is 0 Å². The monoisotopic (exact) mass is 324 g/mol. The van der Waals surface area contributed by atoms with Gasteiger partial charge in [-0.15, -0.1) is 0 Å². The van der Waals surface area contributed by atoms with Crippen LogP contribution in [0.25, 0.3) is 0 Å². The van der Waals surface area contributed by atoms with Crippen LogP contribution < -0.4 is 10.5 Å². The van der Waals surface area contributed by atoms with Gasteiger partial charge >= 0.3 is 0 Å². The highest BCUT2D eigenvalue weighted by Gasteiger charge is 2.15. The van der Waals surface area contributed by atoms with E-state index in [1.165, 1.54) is 12.1 Å². The molecule has 0 aliphatic carbocycles. The van der Waals surface area contributed by atoms with Crippen LogP contribution in [0.5, 0.6) is 11.5 Å². The summed E-state index contributed by atoms with van der Waals surface area (Å²) in [6.07, 6.45) is 0. The second-order valence-corrected chi connectivity index (χ2v) is 4.43. The third kappa shape index (κ3) is 2.85. The van der Waals surface area contributed by atoms with Gasteiger partial charge in [-0.3, -0.25) is 0 Å². The molecule has 2 aromatic carbocycles. The predicted molar refractivity (Wildman–Crippen MR) is 73.1 cm³/mol. The number of amidine groups is 1. The summed E-state index contributed by atoms with van der Waals surface area (Å²) < 4.78 is 19.6. The Labute approximate surface area is 117 Å². The minimum Gasteiger partial charge on any atom is -0.454 e. The standard InChI is InChI=1S/C13H10BrFN2O2/c14-11-9(13(16)17-18)6-7-10(12(11)15)19-8-4-2-1-3-5-8/h1-7,18H,(H2,16,17). The number of oxime groups is 1. The van der Waals surface area contributed by atoms with E-state index in [1.807, 2.05) is 6.07 Å². The van der Waals surface area contributed by atoms with E-state index >= 15 is 0 Å². The number of benzene rings is 2. The van der Waals surface area contributed by atoms with Crippen LogP contribution in [-0.2, 0) is 0 Å². The molecule has 0 saturated heterocycles. The van der Waals surface area contributed by atoms with Gasteiger partial charge in [-0.25, -0.2) is 4.39 Å². The molecule has 0 aromatic heterocycles. The van der Waals surface area contributed by atoms with Crippen LogP contribution in [0.3, 0.4) is 0 Å². The third-order valence-corrected chi connectivity index (χ3v) is 3.18. The maximum Gasteiger partial charge on any atom is 0.180 e. The fourth-order valence-corrected chi connectivity index (χ4v) is 2.01. The van der Waals surface area contributed by atoms with E-state index in [1.54, 1.807) is 24.3 Å². The topological polar surface area (TPSA) is 67.8 Å². The number of nitrogens with zero attached hydrogens (tertiary/aromatic N) is 1. The van der Waals surface area contributed by atoms with Crippen LogP contribution in [0.2, 0.25) is 0 Å². The van der Waals surface area contributed by atoms with Gasteiger partial charge in [-0.2, -0.15) is 0 Å². The summed E-state index contributed by atoms with van der Waals surface area (Å²) in [7, 11) is 0. The van der Waals surface area contributed by atoms with Crippen molar-refractivity contribution in [3.8, 4) is 11.5 Å². The molecular formula is C13H10BrFN2O2. The molecule has 2 rings (SSSR count). The van der Waals surface area contributed by atoms with Gasteiger partial charge in [0.05, 0.1) is 4.47 Å². The van der Waals surface area contributed by atoms with Crippen LogP contribution in [0.4, 0.5) is 4.39 Å². The maximum atomic E-state index is 14.1. The number of hydrogen-bond donors (Lipinski definition) is 2. The number of nitrogens with two attached hydrogens (primary N) is 1. The first-order valence-electron chi connectivity index (χ1n) is 5.32. The minimum atomic E-state index is -0.618. The van der Waals surface area contributed by atoms with E-state index in [4.69, 9.17) is 15.7 Å². The first kappa shape index (κ1) is 13.4. The Morgan fingerprint density at radius 3 is 2.53 bits per heavy atom. The van der Waals surface area contributed by atoms with Gasteiger partial charge in [0.2, 0.25) is 0 Å². The molecule has 0 spiro atoms. The van der Waals surface area contributed by atoms with Crippen molar-refractivity contribution in [3.05, 3.63) is 58.3 Å². The van der Waals surface area contributed by atoms with Crippen LogP contribution in [-0.4, -0.2) is 11.0 Å². The van der Waals surface area contributed by atoms with Crippen molar-refractivity contribution in [2.24, 2.45) is 10.9 Å². The average Bonchev–Trinajstić information content (AvgIpc) is 2.44. The molecule has 98 valence electrons. The summed E-state index contributed by atoms with van der Waals surface area (Å²) in [5.74, 6) is -0.234. The van der Waals surface area contributed by atoms with E-state index in [0.29, 0.717) is 5.75 Å². The van der Waals surface area contributed by atoms with Crippen LogP contribution in [0.15, 0.2) is 52.1 Å². The molecule has 0 aliphatic rings. The Morgan fingerprint density at radius 1 is 1.21 bits per heavy atom. The third-order valence-electron chi connectivity index (χ3n) is 2.40. The SMILES string of the molecule is N/C(=N/O)c1ccc(Oc2ccccc2)c(F)c1Br. The molecule has 4 nitrogen and oxygen atoms in total. The lowest BCUT2D eigenvalue weighted by Crippen LogP contribution is -2.14. The Morgan fingerprint density at radius 2 is 1.89 bits per heavy atom. The summed E-state index contributed by atoms with van der Waals surface area (Å²) in [4.78, 5) is 0. The molecule has 0 radical (unpaired) electrons. The van der Waals surface area contributed by atoms with Crippen LogP contribution >= 0.6 is 15.9 Å². The normalized spacial score (nSPS) is 11.4. The summed E-state index contributed by atoms with van der Waals surface area (Å²) >= 11 is 3.06. The van der Waals surface area contributed by atoms with Crippen molar-refractivity contribution < 1.29 is 14.3 Å². The molecule has 19 heavy (non-hydrogen) atoms. The Kier molecular flexibility index (Phi) is 4.01. The average molecular weight is 325 g/mol. The second kappa shape index (κ2) is 5.71. The minimum absolute atomic E-state index is 0.0487. The summed E-state index contributed by atoms with van der Waals surface area (Å²) in [5, 5.41) is 11.4. The Balaban J connectivity index is 2.37. The molecule has 0 unspecified atom stereocenters. The van der Waals surface area contributed by atoms with E-state index in [0.717, 1.165) is 0 Å². The molecule has 2 aromatic rings. The fourth-order valence-electron chi connectivity index (χ4n) is 1.48. The van der Waals surface area contributed by atoms with Crippen molar-refractivity contribution >= 4 is 21.8 Å². The van der Waals surface area contributed by atoms with Crippen molar-refractivity contribution in [3.63, 3.8) is 0 Å². The van der Waals surface area contributed by atoms with Crippen LogP contribution in [0.1, 0.15) is 5.56 Å². The molecule has 3 N–H and O–H groups in total. The van der Waals surface area contributed by atoms with Gasteiger partial charge in [0.25, 0.3) is 0 Å². The zero-order valence-electron chi connectivity index (χ0n) is 9.68. The molecule has 6 heteroatoms. The fraction of sp³-hybridized carbons (Fsp3) is 0. The van der Waals surface area contributed by atoms with Gasteiger partial charge in [0.1, 0.15) is 5.75 Å². The summed E-state index contributed by atoms with van der Waals surface area (Å²) in [5.41, 5.74) is 5.68. The molecule has 0 fully saturated rings. The lowest BCUT2D eigenvalue weighted by molar-refractivity contribution is 0.318. The smallest absolute Gasteiger partial charge is 0.180 e. The maximum absolute atomic E-state index is 14.1. The number of halogens is 2. The number of rotatable bonds is 3. The predicted octanol–water partition coefficient (Wildman–Crippen LogP) is 3.48. The molecule has 0 saturated carbocycles. The second-order valence-electron chi connectivity index (χ2n) is 3.64. The van der Waals surface area contributed by atoms with Gasteiger partial charge in [-0.1, -0.05) is 23.4 Å². The highest BCUT2D eigenvalue weighted by Crippen LogP contribution is 2.31. The lowest BCUT2D eigenvalue weighted by atomic mass is 10.2. The highest BCUT2D eigenvalue weighted by molar-refractivity contribution is 9.10. The summed E-state index contributed by atoms with van der Waals surface area (Å²) in [6.45, 7) is 0. The molecule has 0 atom stereocenters. The Bertz CT molecular complexity index is 618. The molecule has 0 heterocycles. The first-order chi connectivity index (χ1) is 9.13. The molecule has 0 amide bonds. The van der Waals surface area contributed by atoms with Gasteiger partial charge in [0, 0.05) is 5.56 Å². The van der Waals surface area contributed by atoms with E-state index in [2.05, 4.69) is 21.1 Å². The highest BCUT2D eigenvalue weighted by atomic mass is 79.9. The molecule has 0 aliphatic heterocycles. The lowest BCUT2D eigenvalue weighted by Gasteiger charge is -2.10. The summed E-state index contributed by atoms with van der Waals surface area (Å²) in [6, 6.07) is 11.7. The van der Waals surface area contributed by atoms with Crippen molar-refractivity contribution in [2.45, 2.75) is 0 Å². The van der Waals surface area contributed by atoms with E-state index in [9.17, 15) is 4.39 Å². The van der Waals surface area contributed by atoms with Crippen LogP contribution in [0, 0.1) is 5.82 Å². The zero-order valence-corrected chi connectivity index (χ0v) is 11.3. The molecule has 0 bridgehead atoms. The van der Waals surface area contributed by atoms with Crippen molar-refractivity contribution in [1.82, 2.24) is 0 Å². The first-order valence-corrected chi connectivity index (χ1v) is 6.11.